The first-order valence-electron chi connectivity index (χ1n) is 7.59. The molecular weight excluding hydrogens is 264 g/mol. The van der Waals surface area contributed by atoms with Crippen molar-refractivity contribution >= 4 is 11.9 Å². The van der Waals surface area contributed by atoms with Crippen molar-refractivity contribution in [3.05, 3.63) is 35.4 Å². The maximum Gasteiger partial charge on any atom is 0.244 e. The highest BCUT2D eigenvalue weighted by molar-refractivity contribution is 5.84. The molecule has 0 saturated heterocycles. The fourth-order valence-electron chi connectivity index (χ4n) is 2.41. The van der Waals surface area contributed by atoms with Gasteiger partial charge < -0.3 is 16.0 Å². The van der Waals surface area contributed by atoms with Gasteiger partial charge in [0.05, 0.1) is 0 Å². The first-order chi connectivity index (χ1) is 10.2. The number of unbranched alkanes of at least 4 members (excludes halogenated alkanes) is 1. The maximum absolute atomic E-state index is 12.2. The van der Waals surface area contributed by atoms with Gasteiger partial charge in [-0.3, -0.25) is 4.79 Å². The molecule has 1 aliphatic heterocycles. The highest BCUT2D eigenvalue weighted by Gasteiger charge is 2.19. The smallest absolute Gasteiger partial charge is 0.244 e. The van der Waals surface area contributed by atoms with Crippen molar-refractivity contribution in [1.82, 2.24) is 10.2 Å². The van der Waals surface area contributed by atoms with E-state index in [4.69, 9.17) is 5.73 Å². The molecule has 114 valence electrons. The van der Waals surface area contributed by atoms with Crippen molar-refractivity contribution in [2.24, 2.45) is 10.7 Å². The first kappa shape index (κ1) is 15.4. The number of carbonyl (C=O) groups is 1. The number of nitrogens with zero attached hydrogens (tertiary/aromatic N) is 2. The first-order valence-corrected chi connectivity index (χ1v) is 7.59. The predicted octanol–water partition coefficient (Wildman–Crippen LogP) is 1.28. The van der Waals surface area contributed by atoms with Crippen molar-refractivity contribution in [3.63, 3.8) is 0 Å². The van der Waals surface area contributed by atoms with Crippen molar-refractivity contribution < 1.29 is 4.79 Å². The molecular formula is C16H24N4O. The fourth-order valence-corrected chi connectivity index (χ4v) is 2.41. The molecule has 0 radical (unpaired) electrons. The summed E-state index contributed by atoms with van der Waals surface area (Å²) >= 11 is 0. The van der Waals surface area contributed by atoms with Crippen molar-refractivity contribution in [1.29, 1.82) is 0 Å². The van der Waals surface area contributed by atoms with Gasteiger partial charge in [0, 0.05) is 19.6 Å². The van der Waals surface area contributed by atoms with Crippen LogP contribution in [0.2, 0.25) is 0 Å². The van der Waals surface area contributed by atoms with E-state index in [2.05, 4.69) is 29.4 Å². The SMILES string of the molecule is CCCCNC(N)=NCC(=O)N1CCc2ccccc2C1. The van der Waals surface area contributed by atoms with Crippen molar-refractivity contribution in [2.75, 3.05) is 19.6 Å². The van der Waals surface area contributed by atoms with Gasteiger partial charge in [0.25, 0.3) is 0 Å². The van der Waals surface area contributed by atoms with Crippen molar-refractivity contribution in [3.8, 4) is 0 Å². The number of amides is 1. The number of fused-ring (bicyclic) bond motifs is 1. The summed E-state index contributed by atoms with van der Waals surface area (Å²) in [5.41, 5.74) is 8.31. The molecule has 5 nitrogen and oxygen atoms in total. The molecule has 0 unspecified atom stereocenters. The Kier molecular flexibility index (Phi) is 5.60. The lowest BCUT2D eigenvalue weighted by Crippen LogP contribution is -2.39. The minimum Gasteiger partial charge on any atom is -0.370 e. The van der Waals surface area contributed by atoms with E-state index in [-0.39, 0.29) is 12.5 Å². The molecule has 1 aromatic carbocycles. The molecule has 1 heterocycles. The molecule has 0 spiro atoms. The van der Waals surface area contributed by atoms with Crippen molar-refractivity contribution in [2.45, 2.75) is 32.7 Å². The molecule has 1 aliphatic rings. The van der Waals surface area contributed by atoms with Gasteiger partial charge in [-0.25, -0.2) is 4.99 Å². The number of carbonyl (C=O) groups excluding carboxylic acids is 1. The molecule has 0 fully saturated rings. The minimum atomic E-state index is 0.0322. The van der Waals surface area contributed by atoms with Crippen LogP contribution in [0.5, 0.6) is 0 Å². The summed E-state index contributed by atoms with van der Waals surface area (Å²) in [5, 5.41) is 3.01. The van der Waals surface area contributed by atoms with Gasteiger partial charge in [-0.05, 0) is 24.0 Å². The molecule has 0 bridgehead atoms. The van der Waals surface area contributed by atoms with Gasteiger partial charge >= 0.3 is 0 Å². The van der Waals surface area contributed by atoms with Gasteiger partial charge in [-0.1, -0.05) is 37.6 Å². The van der Waals surface area contributed by atoms with E-state index in [1.54, 1.807) is 0 Å². The summed E-state index contributed by atoms with van der Waals surface area (Å²) < 4.78 is 0. The van der Waals surface area contributed by atoms with Crippen LogP contribution < -0.4 is 11.1 Å². The summed E-state index contributed by atoms with van der Waals surface area (Å²) in [7, 11) is 0. The molecule has 5 heteroatoms. The van der Waals surface area contributed by atoms with E-state index in [0.29, 0.717) is 12.5 Å². The quantitative estimate of drug-likeness (QED) is 0.487. The topological polar surface area (TPSA) is 70.7 Å². The molecule has 0 saturated carbocycles. The van der Waals surface area contributed by atoms with Gasteiger partial charge in [0.2, 0.25) is 5.91 Å². The highest BCUT2D eigenvalue weighted by Crippen LogP contribution is 2.18. The lowest BCUT2D eigenvalue weighted by atomic mass is 10.00. The second-order valence-electron chi connectivity index (χ2n) is 5.32. The van der Waals surface area contributed by atoms with Crippen LogP contribution in [0.1, 0.15) is 30.9 Å². The third-order valence-electron chi connectivity index (χ3n) is 3.70. The summed E-state index contributed by atoms with van der Waals surface area (Å²) in [6.45, 7) is 4.47. The lowest BCUT2D eigenvalue weighted by Gasteiger charge is -2.28. The molecule has 0 atom stereocenters. The molecule has 1 amide bonds. The third-order valence-corrected chi connectivity index (χ3v) is 3.70. The van der Waals surface area contributed by atoms with Crippen LogP contribution >= 0.6 is 0 Å². The lowest BCUT2D eigenvalue weighted by molar-refractivity contribution is -0.130. The zero-order valence-corrected chi connectivity index (χ0v) is 12.6. The Balaban J connectivity index is 1.83. The van der Waals surface area contributed by atoms with Gasteiger partial charge in [-0.2, -0.15) is 0 Å². The summed E-state index contributed by atoms with van der Waals surface area (Å²) in [5.74, 6) is 0.388. The number of hydrogen-bond donors (Lipinski definition) is 2. The Morgan fingerprint density at radius 3 is 2.90 bits per heavy atom. The zero-order chi connectivity index (χ0) is 15.1. The van der Waals surface area contributed by atoms with E-state index in [1.165, 1.54) is 11.1 Å². The normalized spacial score (nSPS) is 14.7. The van der Waals surface area contributed by atoms with E-state index in [0.717, 1.165) is 32.4 Å². The summed E-state index contributed by atoms with van der Waals surface area (Å²) in [6, 6.07) is 8.27. The largest absolute Gasteiger partial charge is 0.370 e. The predicted molar refractivity (Wildman–Crippen MR) is 85.0 cm³/mol. The van der Waals surface area contributed by atoms with Crippen LogP contribution in [0.15, 0.2) is 29.3 Å². The monoisotopic (exact) mass is 288 g/mol. The molecule has 0 aromatic heterocycles. The van der Waals surface area contributed by atoms with Crippen LogP contribution in [0.4, 0.5) is 0 Å². The second-order valence-corrected chi connectivity index (χ2v) is 5.32. The number of hydrogen-bond acceptors (Lipinski definition) is 2. The molecule has 2 rings (SSSR count). The average molecular weight is 288 g/mol. The Morgan fingerprint density at radius 1 is 1.38 bits per heavy atom. The van der Waals surface area contributed by atoms with E-state index >= 15 is 0 Å². The minimum absolute atomic E-state index is 0.0322. The average Bonchev–Trinajstić information content (AvgIpc) is 2.52. The molecule has 21 heavy (non-hydrogen) atoms. The summed E-state index contributed by atoms with van der Waals surface area (Å²) in [4.78, 5) is 18.1. The van der Waals surface area contributed by atoms with Crippen LogP contribution in [0.3, 0.4) is 0 Å². The van der Waals surface area contributed by atoms with Crippen LogP contribution in [0.25, 0.3) is 0 Å². The fraction of sp³-hybridized carbons (Fsp3) is 0.500. The number of guanidine groups is 1. The van der Waals surface area contributed by atoms with E-state index in [1.807, 2.05) is 17.0 Å². The third kappa shape index (κ3) is 4.48. The van der Waals surface area contributed by atoms with Crippen LogP contribution in [-0.4, -0.2) is 36.4 Å². The molecule has 3 N–H and O–H groups in total. The molecule has 0 aliphatic carbocycles. The number of benzene rings is 1. The standard InChI is InChI=1S/C16H24N4O/c1-2-3-9-18-16(17)19-11-15(21)20-10-8-13-6-4-5-7-14(13)12-20/h4-7H,2-3,8-12H2,1H3,(H3,17,18,19). The van der Waals surface area contributed by atoms with Crippen LogP contribution in [-0.2, 0) is 17.8 Å². The molecule has 1 aromatic rings. The number of rotatable bonds is 5. The van der Waals surface area contributed by atoms with E-state index in [9.17, 15) is 4.79 Å². The van der Waals surface area contributed by atoms with Crippen LogP contribution in [0, 0.1) is 0 Å². The van der Waals surface area contributed by atoms with Gasteiger partial charge in [0.1, 0.15) is 6.54 Å². The Labute approximate surface area is 126 Å². The Bertz CT molecular complexity index is 513. The highest BCUT2D eigenvalue weighted by atomic mass is 16.2. The van der Waals surface area contributed by atoms with Gasteiger partial charge in [0.15, 0.2) is 5.96 Å². The number of nitrogens with two attached hydrogens (primary N) is 1. The number of nitrogens with one attached hydrogen (secondary N) is 1. The number of aliphatic imine (C=N–C) groups is 1. The van der Waals surface area contributed by atoms with Gasteiger partial charge in [-0.15, -0.1) is 0 Å². The Hall–Kier alpha value is -2.04. The maximum atomic E-state index is 12.2. The Morgan fingerprint density at radius 2 is 2.14 bits per heavy atom. The zero-order valence-electron chi connectivity index (χ0n) is 12.6. The summed E-state index contributed by atoms with van der Waals surface area (Å²) in [6.07, 6.45) is 3.06. The van der Waals surface area contributed by atoms with E-state index < -0.39 is 0 Å². The second kappa shape index (κ2) is 7.67.